The molecule has 2 aliphatic rings. The van der Waals surface area contributed by atoms with Crippen molar-refractivity contribution in [2.24, 2.45) is 0 Å². The summed E-state index contributed by atoms with van der Waals surface area (Å²) in [6, 6.07) is 6.37. The van der Waals surface area contributed by atoms with Crippen LogP contribution < -0.4 is 5.32 Å². The molecule has 1 N–H and O–H groups in total. The minimum Gasteiger partial charge on any atom is -0.340 e. The Morgan fingerprint density at radius 2 is 2.00 bits per heavy atom. The molecule has 1 aromatic rings. The molecule has 0 aromatic heterocycles. The molecule has 1 aliphatic carbocycles. The van der Waals surface area contributed by atoms with Crippen molar-refractivity contribution in [1.29, 1.82) is 0 Å². The summed E-state index contributed by atoms with van der Waals surface area (Å²) in [5.74, 6) is -0.339. The molecular formula is C16H19FN2O2. The van der Waals surface area contributed by atoms with Crippen molar-refractivity contribution < 1.29 is 14.0 Å². The fraction of sp³-hybridized carbons (Fsp3) is 0.500. The maximum Gasteiger partial charge on any atom is 0.248 e. The SMILES string of the molecule is O=C1CN(CCc2cccc(F)c2)C(=O)C2(CCCC2)N1. The zero-order chi connectivity index (χ0) is 14.9. The molecule has 0 unspecified atom stereocenters. The van der Waals surface area contributed by atoms with E-state index in [2.05, 4.69) is 5.32 Å². The molecule has 1 heterocycles. The van der Waals surface area contributed by atoms with Gasteiger partial charge in [-0.2, -0.15) is 0 Å². The van der Waals surface area contributed by atoms with Gasteiger partial charge in [-0.05, 0) is 37.0 Å². The zero-order valence-corrected chi connectivity index (χ0v) is 11.9. The number of carbonyl (C=O) groups excluding carboxylic acids is 2. The fourth-order valence-corrected chi connectivity index (χ4v) is 3.36. The Kier molecular flexibility index (Phi) is 3.66. The van der Waals surface area contributed by atoms with Gasteiger partial charge in [0.05, 0.1) is 6.54 Å². The van der Waals surface area contributed by atoms with Crippen LogP contribution in [0.25, 0.3) is 0 Å². The normalized spacial score (nSPS) is 20.9. The van der Waals surface area contributed by atoms with E-state index >= 15 is 0 Å². The van der Waals surface area contributed by atoms with Crippen molar-refractivity contribution in [3.05, 3.63) is 35.6 Å². The van der Waals surface area contributed by atoms with Crippen molar-refractivity contribution in [1.82, 2.24) is 10.2 Å². The Hall–Kier alpha value is -1.91. The lowest BCUT2D eigenvalue weighted by Gasteiger charge is -2.39. The molecular weight excluding hydrogens is 271 g/mol. The van der Waals surface area contributed by atoms with E-state index in [4.69, 9.17) is 0 Å². The third kappa shape index (κ3) is 2.77. The molecule has 1 saturated heterocycles. The average Bonchev–Trinajstić information content (AvgIpc) is 2.91. The molecule has 4 nitrogen and oxygen atoms in total. The molecule has 2 amide bonds. The van der Waals surface area contributed by atoms with E-state index in [0.717, 1.165) is 31.2 Å². The largest absolute Gasteiger partial charge is 0.340 e. The second kappa shape index (κ2) is 5.47. The lowest BCUT2D eigenvalue weighted by molar-refractivity contribution is -0.149. The number of hydrogen-bond acceptors (Lipinski definition) is 2. The van der Waals surface area contributed by atoms with Crippen LogP contribution >= 0.6 is 0 Å². The van der Waals surface area contributed by atoms with Gasteiger partial charge in [0.15, 0.2) is 0 Å². The van der Waals surface area contributed by atoms with Crippen LogP contribution in [0.2, 0.25) is 0 Å². The van der Waals surface area contributed by atoms with Gasteiger partial charge in [0, 0.05) is 6.54 Å². The Morgan fingerprint density at radius 3 is 2.71 bits per heavy atom. The van der Waals surface area contributed by atoms with Gasteiger partial charge in [-0.1, -0.05) is 25.0 Å². The van der Waals surface area contributed by atoms with Crippen LogP contribution in [0.5, 0.6) is 0 Å². The Balaban J connectivity index is 1.69. The second-order valence-corrected chi connectivity index (χ2v) is 5.94. The van der Waals surface area contributed by atoms with Gasteiger partial charge in [0.25, 0.3) is 0 Å². The van der Waals surface area contributed by atoms with Gasteiger partial charge in [-0.15, -0.1) is 0 Å². The van der Waals surface area contributed by atoms with Crippen LogP contribution in [0.4, 0.5) is 4.39 Å². The average molecular weight is 290 g/mol. The molecule has 3 rings (SSSR count). The topological polar surface area (TPSA) is 49.4 Å². The number of carbonyl (C=O) groups is 2. The lowest BCUT2D eigenvalue weighted by Crippen LogP contribution is -2.65. The summed E-state index contributed by atoms with van der Waals surface area (Å²) in [4.78, 5) is 26.1. The van der Waals surface area contributed by atoms with Crippen molar-refractivity contribution >= 4 is 11.8 Å². The lowest BCUT2D eigenvalue weighted by atomic mass is 9.93. The van der Waals surface area contributed by atoms with Crippen LogP contribution in [0.1, 0.15) is 31.2 Å². The quantitative estimate of drug-likeness (QED) is 0.920. The second-order valence-electron chi connectivity index (χ2n) is 5.94. The number of hydrogen-bond donors (Lipinski definition) is 1. The van der Waals surface area contributed by atoms with E-state index in [1.807, 2.05) is 6.07 Å². The number of piperazine rings is 1. The molecule has 5 heteroatoms. The molecule has 21 heavy (non-hydrogen) atoms. The third-order valence-corrected chi connectivity index (χ3v) is 4.43. The van der Waals surface area contributed by atoms with E-state index in [9.17, 15) is 14.0 Å². The first-order valence-corrected chi connectivity index (χ1v) is 7.44. The summed E-state index contributed by atoms with van der Waals surface area (Å²) < 4.78 is 13.2. The maximum atomic E-state index is 13.2. The number of rotatable bonds is 3. The number of halogens is 1. The number of benzene rings is 1. The molecule has 1 aromatic carbocycles. The van der Waals surface area contributed by atoms with Gasteiger partial charge in [0.1, 0.15) is 11.4 Å². The molecule has 1 aliphatic heterocycles. The molecule has 1 spiro atoms. The molecule has 0 atom stereocenters. The van der Waals surface area contributed by atoms with Crippen molar-refractivity contribution in [2.75, 3.05) is 13.1 Å². The standard InChI is InChI=1S/C16H19FN2O2/c17-13-5-3-4-12(10-13)6-9-19-11-14(20)18-16(15(19)21)7-1-2-8-16/h3-5,10H,1-2,6-9,11H2,(H,18,20). The molecule has 112 valence electrons. The monoisotopic (exact) mass is 290 g/mol. The minimum atomic E-state index is -0.669. The molecule has 0 radical (unpaired) electrons. The van der Waals surface area contributed by atoms with E-state index < -0.39 is 5.54 Å². The summed E-state index contributed by atoms with van der Waals surface area (Å²) in [6.45, 7) is 0.563. The fourth-order valence-electron chi connectivity index (χ4n) is 3.36. The highest BCUT2D eigenvalue weighted by Gasteiger charge is 2.47. The Morgan fingerprint density at radius 1 is 1.24 bits per heavy atom. The Labute approximate surface area is 123 Å². The number of nitrogens with zero attached hydrogens (tertiary/aromatic N) is 1. The summed E-state index contributed by atoms with van der Waals surface area (Å²) >= 11 is 0. The first-order valence-electron chi connectivity index (χ1n) is 7.44. The van der Waals surface area contributed by atoms with E-state index in [1.165, 1.54) is 12.1 Å². The number of nitrogens with one attached hydrogen (secondary N) is 1. The highest BCUT2D eigenvalue weighted by molar-refractivity contribution is 5.98. The minimum absolute atomic E-state index is 0.0241. The zero-order valence-electron chi connectivity index (χ0n) is 11.9. The predicted octanol–water partition coefficient (Wildman–Crippen LogP) is 1.64. The highest BCUT2D eigenvalue weighted by Crippen LogP contribution is 2.33. The third-order valence-electron chi connectivity index (χ3n) is 4.43. The molecule has 1 saturated carbocycles. The Bertz CT molecular complexity index is 567. The van der Waals surface area contributed by atoms with Crippen LogP contribution in [-0.4, -0.2) is 35.3 Å². The molecule has 2 fully saturated rings. The highest BCUT2D eigenvalue weighted by atomic mass is 19.1. The summed E-state index contributed by atoms with van der Waals surface area (Å²) in [5.41, 5.74) is 0.173. The number of amides is 2. The van der Waals surface area contributed by atoms with E-state index in [0.29, 0.717) is 13.0 Å². The van der Waals surface area contributed by atoms with Crippen molar-refractivity contribution in [2.45, 2.75) is 37.6 Å². The predicted molar refractivity (Wildman–Crippen MR) is 76.0 cm³/mol. The van der Waals surface area contributed by atoms with Gasteiger partial charge in [0.2, 0.25) is 11.8 Å². The first-order chi connectivity index (χ1) is 10.1. The first kappa shape index (κ1) is 14.0. The van der Waals surface area contributed by atoms with Gasteiger partial charge >= 0.3 is 0 Å². The van der Waals surface area contributed by atoms with Crippen LogP contribution in [-0.2, 0) is 16.0 Å². The van der Waals surface area contributed by atoms with Crippen LogP contribution in [0.3, 0.4) is 0 Å². The van der Waals surface area contributed by atoms with Crippen molar-refractivity contribution in [3.63, 3.8) is 0 Å². The summed E-state index contributed by atoms with van der Waals surface area (Å²) in [6.07, 6.45) is 3.97. The summed E-state index contributed by atoms with van der Waals surface area (Å²) in [7, 11) is 0. The van der Waals surface area contributed by atoms with Gasteiger partial charge in [-0.25, -0.2) is 4.39 Å². The van der Waals surface area contributed by atoms with Crippen LogP contribution in [0, 0.1) is 5.82 Å². The smallest absolute Gasteiger partial charge is 0.248 e. The van der Waals surface area contributed by atoms with Gasteiger partial charge < -0.3 is 10.2 Å². The molecule has 0 bridgehead atoms. The van der Waals surface area contributed by atoms with E-state index in [-0.39, 0.29) is 24.2 Å². The van der Waals surface area contributed by atoms with Crippen LogP contribution in [0.15, 0.2) is 24.3 Å². The van der Waals surface area contributed by atoms with E-state index in [1.54, 1.807) is 11.0 Å². The summed E-state index contributed by atoms with van der Waals surface area (Å²) in [5, 5.41) is 2.89. The maximum absolute atomic E-state index is 13.2. The van der Waals surface area contributed by atoms with Crippen molar-refractivity contribution in [3.8, 4) is 0 Å². The van der Waals surface area contributed by atoms with Gasteiger partial charge in [-0.3, -0.25) is 9.59 Å².